The van der Waals surface area contributed by atoms with Gasteiger partial charge >= 0.3 is 0 Å². The van der Waals surface area contributed by atoms with Crippen molar-refractivity contribution in [1.82, 2.24) is 0 Å². The monoisotopic (exact) mass is 254 g/mol. The molecule has 0 aromatic heterocycles. The highest BCUT2D eigenvalue weighted by Crippen LogP contribution is 2.30. The lowest BCUT2D eigenvalue weighted by atomic mass is 10.2. The number of fused-ring (bicyclic) bond motifs is 1. The Hall–Kier alpha value is -1.40. The van der Waals surface area contributed by atoms with Gasteiger partial charge in [-0.05, 0) is 12.1 Å². The minimum absolute atomic E-state index is 0.0275. The van der Waals surface area contributed by atoms with Crippen LogP contribution in [-0.4, -0.2) is 33.2 Å². The first-order valence-corrected chi connectivity index (χ1v) is 7.04. The summed E-state index contributed by atoms with van der Waals surface area (Å²) < 4.78 is 23.7. The maximum atomic E-state index is 11.8. The van der Waals surface area contributed by atoms with Gasteiger partial charge in [-0.25, -0.2) is 8.42 Å². The number of benzene rings is 1. The number of para-hydroxylation sites is 1. The number of amides is 1. The number of anilines is 1. The van der Waals surface area contributed by atoms with Crippen LogP contribution < -0.4 is 10.6 Å². The fraction of sp³-hybridized carbons (Fsp3) is 0.364. The number of carbonyl (C=O) groups is 1. The normalized spacial score (nSPS) is 17.6. The van der Waals surface area contributed by atoms with E-state index >= 15 is 0 Å². The predicted octanol–water partition coefficient (Wildman–Crippen LogP) is 0.156. The Morgan fingerprint density at radius 2 is 2.06 bits per heavy atom. The molecule has 2 rings (SSSR count). The van der Waals surface area contributed by atoms with Gasteiger partial charge in [-0.1, -0.05) is 12.1 Å². The van der Waals surface area contributed by atoms with Crippen molar-refractivity contribution in [2.24, 2.45) is 5.73 Å². The minimum atomic E-state index is -3.25. The first kappa shape index (κ1) is 12.1. The van der Waals surface area contributed by atoms with Crippen molar-refractivity contribution in [3.63, 3.8) is 0 Å². The van der Waals surface area contributed by atoms with Gasteiger partial charge in [0, 0.05) is 19.5 Å². The van der Waals surface area contributed by atoms with E-state index in [0.29, 0.717) is 5.69 Å². The highest BCUT2D eigenvalue weighted by atomic mass is 32.2. The molecule has 6 heteroatoms. The van der Waals surface area contributed by atoms with Crippen molar-refractivity contribution in [2.75, 3.05) is 23.7 Å². The molecule has 0 saturated heterocycles. The zero-order valence-electron chi connectivity index (χ0n) is 9.30. The second-order valence-electron chi connectivity index (χ2n) is 3.87. The first-order valence-electron chi connectivity index (χ1n) is 5.38. The quantitative estimate of drug-likeness (QED) is 0.815. The Bertz CT molecular complexity index is 539. The van der Waals surface area contributed by atoms with E-state index in [4.69, 9.17) is 5.73 Å². The van der Waals surface area contributed by atoms with Crippen LogP contribution in [0.2, 0.25) is 0 Å². The van der Waals surface area contributed by atoms with Crippen molar-refractivity contribution >= 4 is 21.4 Å². The van der Waals surface area contributed by atoms with Gasteiger partial charge in [0.1, 0.15) is 0 Å². The molecule has 92 valence electrons. The number of carbonyl (C=O) groups excluding carboxylic acids is 1. The Balaban J connectivity index is 2.45. The molecule has 2 N–H and O–H groups in total. The van der Waals surface area contributed by atoms with Crippen LogP contribution in [0.15, 0.2) is 29.2 Å². The van der Waals surface area contributed by atoms with Crippen LogP contribution in [-0.2, 0) is 14.6 Å². The SMILES string of the molecule is NCCC(=O)N1CCS(=O)(=O)c2ccccc21. The highest BCUT2D eigenvalue weighted by molar-refractivity contribution is 7.91. The van der Waals surface area contributed by atoms with Crippen LogP contribution in [0.5, 0.6) is 0 Å². The first-order chi connectivity index (χ1) is 8.06. The van der Waals surface area contributed by atoms with Gasteiger partial charge in [0.05, 0.1) is 16.3 Å². The third-order valence-corrected chi connectivity index (χ3v) is 4.47. The molecule has 1 heterocycles. The molecule has 0 fully saturated rings. The van der Waals surface area contributed by atoms with E-state index in [9.17, 15) is 13.2 Å². The van der Waals surface area contributed by atoms with E-state index in [1.54, 1.807) is 18.2 Å². The Kier molecular flexibility index (Phi) is 3.17. The third kappa shape index (κ3) is 2.18. The lowest BCUT2D eigenvalue weighted by molar-refractivity contribution is -0.118. The molecule has 0 saturated carbocycles. The fourth-order valence-corrected chi connectivity index (χ4v) is 3.33. The number of hydrogen-bond donors (Lipinski definition) is 1. The van der Waals surface area contributed by atoms with Crippen LogP contribution in [0.1, 0.15) is 6.42 Å². The lowest BCUT2D eigenvalue weighted by Gasteiger charge is -2.29. The van der Waals surface area contributed by atoms with Crippen LogP contribution in [0, 0.1) is 0 Å². The van der Waals surface area contributed by atoms with Crippen LogP contribution in [0.4, 0.5) is 5.69 Å². The number of nitrogens with two attached hydrogens (primary N) is 1. The average molecular weight is 254 g/mol. The van der Waals surface area contributed by atoms with E-state index < -0.39 is 9.84 Å². The zero-order chi connectivity index (χ0) is 12.5. The van der Waals surface area contributed by atoms with Crippen molar-refractivity contribution < 1.29 is 13.2 Å². The summed E-state index contributed by atoms with van der Waals surface area (Å²) in [5, 5.41) is 0. The third-order valence-electron chi connectivity index (χ3n) is 2.73. The molecule has 0 aliphatic carbocycles. The Morgan fingerprint density at radius 1 is 1.35 bits per heavy atom. The summed E-state index contributed by atoms with van der Waals surface area (Å²) in [7, 11) is -3.25. The topological polar surface area (TPSA) is 80.5 Å². The standard InChI is InChI=1S/C11H14N2O3S/c12-6-5-11(14)13-7-8-17(15,16)10-4-2-1-3-9(10)13/h1-4H,5-8,12H2. The molecule has 17 heavy (non-hydrogen) atoms. The molecule has 0 bridgehead atoms. The lowest BCUT2D eigenvalue weighted by Crippen LogP contribution is -2.40. The van der Waals surface area contributed by atoms with Crippen LogP contribution in [0.3, 0.4) is 0 Å². The van der Waals surface area contributed by atoms with Gasteiger partial charge < -0.3 is 10.6 Å². The van der Waals surface area contributed by atoms with Crippen LogP contribution in [0.25, 0.3) is 0 Å². The second kappa shape index (κ2) is 4.46. The fourth-order valence-electron chi connectivity index (χ4n) is 1.90. The summed E-state index contributed by atoms with van der Waals surface area (Å²) in [6, 6.07) is 6.57. The molecular weight excluding hydrogens is 240 g/mol. The van der Waals surface area contributed by atoms with Crippen LogP contribution >= 0.6 is 0 Å². The van der Waals surface area contributed by atoms with Crippen molar-refractivity contribution in [3.05, 3.63) is 24.3 Å². The summed E-state index contributed by atoms with van der Waals surface area (Å²) in [5.41, 5.74) is 5.81. The smallest absolute Gasteiger partial charge is 0.228 e. The molecular formula is C11H14N2O3S. The number of rotatable bonds is 2. The van der Waals surface area contributed by atoms with E-state index in [-0.39, 0.29) is 36.1 Å². The van der Waals surface area contributed by atoms with Gasteiger partial charge in [0.15, 0.2) is 9.84 Å². The van der Waals surface area contributed by atoms with E-state index in [0.717, 1.165) is 0 Å². The molecule has 0 spiro atoms. The summed E-state index contributed by atoms with van der Waals surface area (Å²) in [5.74, 6) is -0.157. The minimum Gasteiger partial charge on any atom is -0.330 e. The maximum absolute atomic E-state index is 11.8. The highest BCUT2D eigenvalue weighted by Gasteiger charge is 2.30. The summed E-state index contributed by atoms with van der Waals surface area (Å²) in [6.07, 6.45) is 0.231. The van der Waals surface area contributed by atoms with Gasteiger partial charge in [-0.3, -0.25) is 4.79 Å². The van der Waals surface area contributed by atoms with Crippen molar-refractivity contribution in [3.8, 4) is 0 Å². The Labute approximate surface area is 100 Å². The van der Waals surface area contributed by atoms with Gasteiger partial charge in [0.2, 0.25) is 5.91 Å². The van der Waals surface area contributed by atoms with Crippen molar-refractivity contribution in [2.45, 2.75) is 11.3 Å². The van der Waals surface area contributed by atoms with Gasteiger partial charge in [-0.2, -0.15) is 0 Å². The van der Waals surface area contributed by atoms with E-state index in [1.165, 1.54) is 11.0 Å². The molecule has 5 nitrogen and oxygen atoms in total. The molecule has 1 amide bonds. The predicted molar refractivity (Wildman–Crippen MR) is 64.5 cm³/mol. The summed E-state index contributed by atoms with van der Waals surface area (Å²) in [6.45, 7) is 0.475. The average Bonchev–Trinajstić information content (AvgIpc) is 2.29. The van der Waals surface area contributed by atoms with Gasteiger partial charge in [0.25, 0.3) is 0 Å². The van der Waals surface area contributed by atoms with Crippen molar-refractivity contribution in [1.29, 1.82) is 0 Å². The summed E-state index contributed by atoms with van der Waals surface area (Å²) >= 11 is 0. The number of hydrogen-bond acceptors (Lipinski definition) is 4. The summed E-state index contributed by atoms with van der Waals surface area (Å²) in [4.78, 5) is 13.6. The Morgan fingerprint density at radius 3 is 2.76 bits per heavy atom. The molecule has 1 aliphatic heterocycles. The molecule has 0 radical (unpaired) electrons. The van der Waals surface area contributed by atoms with Gasteiger partial charge in [-0.15, -0.1) is 0 Å². The molecule has 1 aromatic carbocycles. The van der Waals surface area contributed by atoms with E-state index in [1.807, 2.05) is 0 Å². The number of nitrogens with zero attached hydrogens (tertiary/aromatic N) is 1. The molecule has 1 aromatic rings. The van der Waals surface area contributed by atoms with E-state index in [2.05, 4.69) is 0 Å². The number of sulfone groups is 1. The maximum Gasteiger partial charge on any atom is 0.228 e. The second-order valence-corrected chi connectivity index (χ2v) is 5.95. The molecule has 0 unspecified atom stereocenters. The molecule has 0 atom stereocenters. The molecule has 1 aliphatic rings. The zero-order valence-corrected chi connectivity index (χ0v) is 10.1. The largest absolute Gasteiger partial charge is 0.330 e.